The minimum Gasteiger partial charge on any atom is -0.358 e. The predicted octanol–water partition coefficient (Wildman–Crippen LogP) is 3.54. The van der Waals surface area contributed by atoms with Gasteiger partial charge in [0.25, 0.3) is 0 Å². The normalized spacial score (nSPS) is 20.5. The van der Waals surface area contributed by atoms with E-state index in [2.05, 4.69) is 32.2 Å². The smallest absolute Gasteiger partial charge is 0.243 e. The molecule has 0 bridgehead atoms. The Morgan fingerprint density at radius 1 is 1.22 bits per heavy atom. The molecular formula is C14H17BrN2O. The van der Waals surface area contributed by atoms with Crippen molar-refractivity contribution in [3.63, 3.8) is 0 Å². The third-order valence-corrected chi connectivity index (χ3v) is 4.36. The third-order valence-electron chi connectivity index (χ3n) is 3.87. The van der Waals surface area contributed by atoms with E-state index < -0.39 is 0 Å². The van der Waals surface area contributed by atoms with E-state index >= 15 is 0 Å². The van der Waals surface area contributed by atoms with Gasteiger partial charge in [0.05, 0.1) is 17.9 Å². The van der Waals surface area contributed by atoms with Gasteiger partial charge in [-0.3, -0.25) is 4.79 Å². The second kappa shape index (κ2) is 4.92. The van der Waals surface area contributed by atoms with Gasteiger partial charge in [0.2, 0.25) is 5.91 Å². The number of amides is 1. The van der Waals surface area contributed by atoms with Crippen LogP contribution in [0.5, 0.6) is 0 Å². The molecule has 0 atom stereocenters. The molecule has 18 heavy (non-hydrogen) atoms. The molecule has 1 aromatic carbocycles. The molecule has 96 valence electrons. The van der Waals surface area contributed by atoms with Crippen LogP contribution in [0, 0.1) is 0 Å². The van der Waals surface area contributed by atoms with Gasteiger partial charge in [0.1, 0.15) is 0 Å². The van der Waals surface area contributed by atoms with Gasteiger partial charge in [-0.15, -0.1) is 0 Å². The molecule has 0 spiro atoms. The van der Waals surface area contributed by atoms with Crippen molar-refractivity contribution < 1.29 is 4.79 Å². The van der Waals surface area contributed by atoms with Gasteiger partial charge >= 0.3 is 0 Å². The summed E-state index contributed by atoms with van der Waals surface area (Å²) in [4.78, 5) is 14.1. The Labute approximate surface area is 116 Å². The Morgan fingerprint density at radius 3 is 2.78 bits per heavy atom. The van der Waals surface area contributed by atoms with Crippen LogP contribution in [0.4, 0.5) is 11.4 Å². The Balaban J connectivity index is 1.93. The van der Waals surface area contributed by atoms with E-state index in [-0.39, 0.29) is 5.91 Å². The number of carbonyl (C=O) groups excluding carboxylic acids is 1. The molecule has 1 saturated carbocycles. The number of hydrogen-bond acceptors (Lipinski definition) is 2. The lowest BCUT2D eigenvalue weighted by Crippen LogP contribution is -2.45. The van der Waals surface area contributed by atoms with Crippen molar-refractivity contribution in [1.82, 2.24) is 0 Å². The van der Waals surface area contributed by atoms with Gasteiger partial charge in [-0.05, 0) is 31.0 Å². The summed E-state index contributed by atoms with van der Waals surface area (Å²) in [7, 11) is 0. The third kappa shape index (κ3) is 2.26. The van der Waals surface area contributed by atoms with Gasteiger partial charge in [-0.2, -0.15) is 0 Å². The molecule has 1 aromatic rings. The number of halogens is 1. The maximum absolute atomic E-state index is 11.8. The maximum Gasteiger partial charge on any atom is 0.243 e. The highest BCUT2D eigenvalue weighted by Gasteiger charge is 2.28. The molecule has 1 fully saturated rings. The lowest BCUT2D eigenvalue weighted by Gasteiger charge is -2.39. The minimum atomic E-state index is 0.103. The van der Waals surface area contributed by atoms with E-state index in [0.717, 1.165) is 10.2 Å². The Bertz CT molecular complexity index is 469. The maximum atomic E-state index is 11.8. The van der Waals surface area contributed by atoms with Gasteiger partial charge in [0, 0.05) is 10.5 Å². The number of fused-ring (bicyclic) bond motifs is 1. The van der Waals surface area contributed by atoms with E-state index in [0.29, 0.717) is 12.6 Å². The molecule has 3 rings (SSSR count). The van der Waals surface area contributed by atoms with Crippen LogP contribution < -0.4 is 10.2 Å². The molecule has 0 aromatic heterocycles. The van der Waals surface area contributed by atoms with Crippen LogP contribution in [0.25, 0.3) is 0 Å². The van der Waals surface area contributed by atoms with E-state index in [1.54, 1.807) is 0 Å². The Morgan fingerprint density at radius 2 is 2.00 bits per heavy atom. The molecule has 1 heterocycles. The predicted molar refractivity (Wildman–Crippen MR) is 77.0 cm³/mol. The number of nitrogens with one attached hydrogen (secondary N) is 1. The largest absolute Gasteiger partial charge is 0.358 e. The lowest BCUT2D eigenvalue weighted by molar-refractivity contribution is -0.115. The van der Waals surface area contributed by atoms with Crippen LogP contribution in [0.15, 0.2) is 22.7 Å². The van der Waals surface area contributed by atoms with Crippen LogP contribution in [-0.2, 0) is 4.79 Å². The van der Waals surface area contributed by atoms with Gasteiger partial charge < -0.3 is 10.2 Å². The number of rotatable bonds is 1. The van der Waals surface area contributed by atoms with Gasteiger partial charge in [-0.25, -0.2) is 0 Å². The molecule has 4 heteroatoms. The fourth-order valence-corrected chi connectivity index (χ4v) is 3.37. The highest BCUT2D eigenvalue weighted by atomic mass is 79.9. The summed E-state index contributed by atoms with van der Waals surface area (Å²) in [6, 6.07) is 6.67. The summed E-state index contributed by atoms with van der Waals surface area (Å²) in [5, 5.41) is 2.96. The SMILES string of the molecule is O=C1CN(C2CCCCC2)c2ccc(Br)cc2N1. The summed E-state index contributed by atoms with van der Waals surface area (Å²) >= 11 is 3.46. The number of nitrogens with zero attached hydrogens (tertiary/aromatic N) is 1. The summed E-state index contributed by atoms with van der Waals surface area (Å²) in [6.07, 6.45) is 6.33. The molecule has 0 unspecified atom stereocenters. The van der Waals surface area contributed by atoms with E-state index in [1.165, 1.54) is 37.8 Å². The second-order valence-corrected chi connectivity index (χ2v) is 6.05. The number of carbonyl (C=O) groups is 1. The average Bonchev–Trinajstić information content (AvgIpc) is 2.38. The molecule has 0 saturated heterocycles. The molecule has 3 nitrogen and oxygen atoms in total. The quantitative estimate of drug-likeness (QED) is 0.860. The van der Waals surface area contributed by atoms with Crippen molar-refractivity contribution >= 4 is 33.2 Å². The van der Waals surface area contributed by atoms with Crippen LogP contribution in [0.1, 0.15) is 32.1 Å². The Kier molecular flexibility index (Phi) is 3.29. The highest BCUT2D eigenvalue weighted by molar-refractivity contribution is 9.10. The van der Waals surface area contributed by atoms with Crippen molar-refractivity contribution in [2.75, 3.05) is 16.8 Å². The number of benzene rings is 1. The van der Waals surface area contributed by atoms with Crippen LogP contribution in [-0.4, -0.2) is 18.5 Å². The fraction of sp³-hybridized carbons (Fsp3) is 0.500. The van der Waals surface area contributed by atoms with Crippen molar-refractivity contribution in [2.24, 2.45) is 0 Å². The summed E-state index contributed by atoms with van der Waals surface area (Å²) in [5.74, 6) is 0.103. The lowest BCUT2D eigenvalue weighted by atomic mass is 9.93. The van der Waals surface area contributed by atoms with Gasteiger partial charge in [-0.1, -0.05) is 35.2 Å². The zero-order valence-electron chi connectivity index (χ0n) is 10.3. The first kappa shape index (κ1) is 12.0. The molecule has 1 aliphatic carbocycles. The molecule has 0 radical (unpaired) electrons. The van der Waals surface area contributed by atoms with Crippen molar-refractivity contribution in [3.8, 4) is 0 Å². The van der Waals surface area contributed by atoms with E-state index in [9.17, 15) is 4.79 Å². The molecule has 1 N–H and O–H groups in total. The zero-order chi connectivity index (χ0) is 12.5. The first-order valence-corrected chi connectivity index (χ1v) is 7.39. The summed E-state index contributed by atoms with van der Waals surface area (Å²) in [5.41, 5.74) is 2.11. The number of anilines is 2. The monoisotopic (exact) mass is 308 g/mol. The average molecular weight is 309 g/mol. The first-order chi connectivity index (χ1) is 8.74. The summed E-state index contributed by atoms with van der Waals surface area (Å²) in [6.45, 7) is 0.499. The van der Waals surface area contributed by atoms with Crippen molar-refractivity contribution in [3.05, 3.63) is 22.7 Å². The van der Waals surface area contributed by atoms with Crippen LogP contribution >= 0.6 is 15.9 Å². The number of hydrogen-bond donors (Lipinski definition) is 1. The zero-order valence-corrected chi connectivity index (χ0v) is 11.9. The molecule has 1 aliphatic heterocycles. The molecule has 2 aliphatic rings. The molecule has 1 amide bonds. The highest BCUT2D eigenvalue weighted by Crippen LogP contribution is 2.36. The van der Waals surface area contributed by atoms with Crippen molar-refractivity contribution in [1.29, 1.82) is 0 Å². The molecular weight excluding hydrogens is 292 g/mol. The van der Waals surface area contributed by atoms with Crippen LogP contribution in [0.3, 0.4) is 0 Å². The standard InChI is InChI=1S/C14H17BrN2O/c15-10-6-7-13-12(8-10)16-14(18)9-17(13)11-4-2-1-3-5-11/h6-8,11H,1-5,9H2,(H,16,18). The van der Waals surface area contributed by atoms with Crippen LogP contribution in [0.2, 0.25) is 0 Å². The second-order valence-electron chi connectivity index (χ2n) is 5.13. The summed E-state index contributed by atoms with van der Waals surface area (Å²) < 4.78 is 1.01. The van der Waals surface area contributed by atoms with E-state index in [4.69, 9.17) is 0 Å². The Hall–Kier alpha value is -1.03. The minimum absolute atomic E-state index is 0.103. The van der Waals surface area contributed by atoms with Gasteiger partial charge in [0.15, 0.2) is 0 Å². The van der Waals surface area contributed by atoms with E-state index in [1.807, 2.05) is 12.1 Å². The topological polar surface area (TPSA) is 32.3 Å². The van der Waals surface area contributed by atoms with Crippen molar-refractivity contribution in [2.45, 2.75) is 38.1 Å². The first-order valence-electron chi connectivity index (χ1n) is 6.60. The fourth-order valence-electron chi connectivity index (χ4n) is 3.01.